The van der Waals surface area contributed by atoms with Crippen molar-refractivity contribution in [2.75, 3.05) is 24.4 Å². The predicted octanol–water partition coefficient (Wildman–Crippen LogP) is 5.19. The highest BCUT2D eigenvalue weighted by Crippen LogP contribution is 2.32. The molecule has 150 valence electrons. The van der Waals surface area contributed by atoms with Gasteiger partial charge in [0, 0.05) is 17.4 Å². The Balaban J connectivity index is 1.86. The molecule has 0 spiro atoms. The summed E-state index contributed by atoms with van der Waals surface area (Å²) < 4.78 is 11.0. The van der Waals surface area contributed by atoms with Gasteiger partial charge in [-0.3, -0.25) is 4.79 Å². The Morgan fingerprint density at radius 1 is 0.931 bits per heavy atom. The Morgan fingerprint density at radius 2 is 1.62 bits per heavy atom. The number of nitrogens with one attached hydrogen (secondary N) is 2. The van der Waals surface area contributed by atoms with Crippen molar-refractivity contribution >= 4 is 17.3 Å². The molecule has 0 aliphatic carbocycles. The van der Waals surface area contributed by atoms with E-state index in [1.165, 1.54) is 0 Å². The van der Waals surface area contributed by atoms with Crippen molar-refractivity contribution < 1.29 is 14.3 Å². The molecule has 29 heavy (non-hydrogen) atoms. The number of benzene rings is 3. The summed E-state index contributed by atoms with van der Waals surface area (Å²) in [7, 11) is 1.60. The number of carbonyl (C=O) groups is 1. The first-order chi connectivity index (χ1) is 14.1. The minimum absolute atomic E-state index is 0.145. The molecule has 5 heteroatoms. The second-order valence-electron chi connectivity index (χ2n) is 6.64. The highest BCUT2D eigenvalue weighted by atomic mass is 16.5. The lowest BCUT2D eigenvalue weighted by molar-refractivity contribution is -0.117. The summed E-state index contributed by atoms with van der Waals surface area (Å²) in [6.07, 6.45) is 0. The van der Waals surface area contributed by atoms with E-state index >= 15 is 0 Å². The maximum Gasteiger partial charge on any atom is 0.251 e. The van der Waals surface area contributed by atoms with E-state index in [0.717, 1.165) is 22.5 Å². The molecule has 0 radical (unpaired) electrons. The summed E-state index contributed by atoms with van der Waals surface area (Å²) in [5.41, 5.74) is 3.53. The molecule has 0 unspecified atom stereocenters. The molecule has 2 N–H and O–H groups in total. The molecule has 1 amide bonds. The third kappa shape index (κ3) is 5.29. The lowest BCUT2D eigenvalue weighted by atomic mass is 10.1. The Morgan fingerprint density at radius 3 is 2.28 bits per heavy atom. The van der Waals surface area contributed by atoms with E-state index in [4.69, 9.17) is 9.47 Å². The topological polar surface area (TPSA) is 59.6 Å². The van der Waals surface area contributed by atoms with Gasteiger partial charge in [-0.15, -0.1) is 0 Å². The van der Waals surface area contributed by atoms with Gasteiger partial charge in [-0.05, 0) is 43.7 Å². The Labute approximate surface area is 171 Å². The fourth-order valence-electron chi connectivity index (χ4n) is 3.00. The molecule has 0 bridgehead atoms. The highest BCUT2D eigenvalue weighted by molar-refractivity contribution is 5.97. The van der Waals surface area contributed by atoms with Crippen molar-refractivity contribution in [3.05, 3.63) is 83.9 Å². The molecule has 3 rings (SSSR count). The van der Waals surface area contributed by atoms with Crippen molar-refractivity contribution in [1.29, 1.82) is 0 Å². The number of aryl methyl sites for hydroxylation is 1. The number of methoxy groups -OCH3 is 1. The van der Waals surface area contributed by atoms with Gasteiger partial charge in [0.15, 0.2) is 11.5 Å². The molecule has 1 atom stereocenters. The van der Waals surface area contributed by atoms with Gasteiger partial charge in [0.2, 0.25) is 0 Å². The van der Waals surface area contributed by atoms with Crippen LogP contribution in [-0.2, 0) is 4.79 Å². The van der Waals surface area contributed by atoms with Gasteiger partial charge in [0.25, 0.3) is 5.91 Å². The smallest absolute Gasteiger partial charge is 0.251 e. The first-order valence-corrected chi connectivity index (χ1v) is 9.60. The number of carbonyl (C=O) groups excluding carboxylic acids is 1. The lowest BCUT2D eigenvalue weighted by Gasteiger charge is -2.21. The Bertz CT molecular complexity index is 940. The molecule has 5 nitrogen and oxygen atoms in total. The van der Waals surface area contributed by atoms with Crippen molar-refractivity contribution in [1.82, 2.24) is 0 Å². The molecule has 0 fully saturated rings. The number of hydrogen-bond donors (Lipinski definition) is 2. The van der Waals surface area contributed by atoms with Gasteiger partial charge < -0.3 is 20.1 Å². The fourth-order valence-corrected chi connectivity index (χ4v) is 3.00. The van der Waals surface area contributed by atoms with Gasteiger partial charge >= 0.3 is 0 Å². The SMILES string of the molecule is CCOc1ccc(N[C@H](C(=O)Nc2ccc(C)cc2)c2ccccc2)cc1OC. The van der Waals surface area contributed by atoms with Crippen molar-refractivity contribution in [3.8, 4) is 11.5 Å². The minimum atomic E-state index is -0.569. The number of rotatable bonds is 8. The van der Waals surface area contributed by atoms with Crippen molar-refractivity contribution in [3.63, 3.8) is 0 Å². The summed E-state index contributed by atoms with van der Waals surface area (Å²) in [6.45, 7) is 4.49. The van der Waals surface area contributed by atoms with E-state index in [1.54, 1.807) is 7.11 Å². The molecule has 0 saturated carbocycles. The second kappa shape index (κ2) is 9.64. The van der Waals surface area contributed by atoms with Gasteiger partial charge in [0.05, 0.1) is 13.7 Å². The van der Waals surface area contributed by atoms with Crippen molar-refractivity contribution in [2.45, 2.75) is 19.9 Å². The predicted molar refractivity (Wildman–Crippen MR) is 117 cm³/mol. The largest absolute Gasteiger partial charge is 0.493 e. The summed E-state index contributed by atoms with van der Waals surface area (Å²) in [6, 6.07) is 22.3. The van der Waals surface area contributed by atoms with Gasteiger partial charge in [-0.25, -0.2) is 0 Å². The zero-order valence-corrected chi connectivity index (χ0v) is 16.9. The zero-order valence-electron chi connectivity index (χ0n) is 16.9. The molecule has 0 aromatic heterocycles. The van der Waals surface area contributed by atoms with E-state index in [-0.39, 0.29) is 5.91 Å². The normalized spacial score (nSPS) is 11.4. The van der Waals surface area contributed by atoms with Crippen LogP contribution in [0.25, 0.3) is 0 Å². The summed E-state index contributed by atoms with van der Waals surface area (Å²) in [5.74, 6) is 1.14. The van der Waals surface area contributed by atoms with Crippen LogP contribution in [0.5, 0.6) is 11.5 Å². The monoisotopic (exact) mass is 390 g/mol. The number of amides is 1. The zero-order chi connectivity index (χ0) is 20.6. The molecule has 3 aromatic rings. The maximum absolute atomic E-state index is 13.1. The van der Waals surface area contributed by atoms with Gasteiger partial charge in [-0.1, -0.05) is 48.0 Å². The highest BCUT2D eigenvalue weighted by Gasteiger charge is 2.21. The van der Waals surface area contributed by atoms with Crippen LogP contribution in [-0.4, -0.2) is 19.6 Å². The minimum Gasteiger partial charge on any atom is -0.493 e. The van der Waals surface area contributed by atoms with E-state index < -0.39 is 6.04 Å². The van der Waals surface area contributed by atoms with Crippen LogP contribution in [0.4, 0.5) is 11.4 Å². The molecule has 0 aliphatic heterocycles. The summed E-state index contributed by atoms with van der Waals surface area (Å²) in [4.78, 5) is 13.1. The first-order valence-electron chi connectivity index (χ1n) is 9.60. The van der Waals surface area contributed by atoms with Gasteiger partial charge in [-0.2, -0.15) is 0 Å². The third-order valence-corrected chi connectivity index (χ3v) is 4.49. The molecule has 0 heterocycles. The quantitative estimate of drug-likeness (QED) is 0.555. The van der Waals surface area contributed by atoms with Crippen LogP contribution in [0.2, 0.25) is 0 Å². The number of ether oxygens (including phenoxy) is 2. The van der Waals surface area contributed by atoms with Crippen molar-refractivity contribution in [2.24, 2.45) is 0 Å². The Kier molecular flexibility index (Phi) is 6.74. The average molecular weight is 390 g/mol. The summed E-state index contributed by atoms with van der Waals surface area (Å²) in [5, 5.41) is 6.31. The van der Waals surface area contributed by atoms with E-state index in [1.807, 2.05) is 86.6 Å². The molecule has 3 aromatic carbocycles. The Hall–Kier alpha value is -3.47. The third-order valence-electron chi connectivity index (χ3n) is 4.49. The maximum atomic E-state index is 13.1. The molecule has 0 saturated heterocycles. The van der Waals surface area contributed by atoms with Crippen LogP contribution < -0.4 is 20.1 Å². The van der Waals surface area contributed by atoms with Crippen LogP contribution in [0.15, 0.2) is 72.8 Å². The first kappa shape index (κ1) is 20.3. The molecule has 0 aliphatic rings. The van der Waals surface area contributed by atoms with E-state index in [9.17, 15) is 4.79 Å². The number of anilines is 2. The van der Waals surface area contributed by atoms with E-state index in [0.29, 0.717) is 18.1 Å². The molecular formula is C24H26N2O3. The fraction of sp³-hybridized carbons (Fsp3) is 0.208. The van der Waals surface area contributed by atoms with Crippen LogP contribution >= 0.6 is 0 Å². The standard InChI is InChI=1S/C24H26N2O3/c1-4-29-21-15-14-20(16-22(21)28-3)25-23(18-8-6-5-7-9-18)24(27)26-19-12-10-17(2)11-13-19/h5-16,23,25H,4H2,1-3H3,(H,26,27)/t23-/m0/s1. The second-order valence-corrected chi connectivity index (χ2v) is 6.64. The lowest BCUT2D eigenvalue weighted by Crippen LogP contribution is -2.27. The summed E-state index contributed by atoms with van der Waals surface area (Å²) >= 11 is 0. The molecular weight excluding hydrogens is 364 g/mol. The number of hydrogen-bond acceptors (Lipinski definition) is 4. The average Bonchev–Trinajstić information content (AvgIpc) is 2.75. The van der Waals surface area contributed by atoms with Crippen LogP contribution in [0.1, 0.15) is 24.1 Å². The van der Waals surface area contributed by atoms with Crippen LogP contribution in [0.3, 0.4) is 0 Å². The van der Waals surface area contributed by atoms with Crippen LogP contribution in [0, 0.1) is 6.92 Å². The van der Waals surface area contributed by atoms with E-state index in [2.05, 4.69) is 10.6 Å². The van der Waals surface area contributed by atoms with Gasteiger partial charge in [0.1, 0.15) is 6.04 Å².